The molecular formula is C15H18ClN3O2. The number of fused-ring (bicyclic) bond motifs is 1. The molecular weight excluding hydrogens is 290 g/mol. The Morgan fingerprint density at radius 2 is 2.05 bits per heavy atom. The number of aliphatic imine (C=N–C) groups is 1. The van der Waals surface area contributed by atoms with E-state index in [1.807, 2.05) is 12.1 Å². The van der Waals surface area contributed by atoms with Crippen molar-refractivity contribution in [2.45, 2.75) is 37.8 Å². The Kier molecular flexibility index (Phi) is 3.10. The summed E-state index contributed by atoms with van der Waals surface area (Å²) >= 11 is 6.30. The van der Waals surface area contributed by atoms with Crippen molar-refractivity contribution >= 4 is 17.6 Å². The van der Waals surface area contributed by atoms with Crippen LogP contribution in [0.4, 0.5) is 0 Å². The van der Waals surface area contributed by atoms with Crippen molar-refractivity contribution in [1.29, 1.82) is 0 Å². The minimum absolute atomic E-state index is 0.153. The molecule has 0 bridgehead atoms. The van der Waals surface area contributed by atoms with Gasteiger partial charge in [-0.1, -0.05) is 24.4 Å². The summed E-state index contributed by atoms with van der Waals surface area (Å²) in [5.41, 5.74) is 7.22. The number of halogens is 1. The Hall–Kier alpha value is -1.62. The largest absolute Gasteiger partial charge is 0.454 e. The van der Waals surface area contributed by atoms with E-state index in [-0.39, 0.29) is 12.8 Å². The topological polar surface area (TPSA) is 60.1 Å². The molecule has 6 heteroatoms. The third-order valence-electron chi connectivity index (χ3n) is 4.58. The molecule has 1 aliphatic carbocycles. The lowest BCUT2D eigenvalue weighted by Gasteiger charge is -2.32. The molecule has 2 heterocycles. The number of nitrogens with two attached hydrogens (primary N) is 1. The van der Waals surface area contributed by atoms with E-state index in [4.69, 9.17) is 26.8 Å². The fourth-order valence-electron chi connectivity index (χ4n) is 3.58. The molecule has 1 aromatic rings. The predicted molar refractivity (Wildman–Crippen MR) is 80.9 cm³/mol. The van der Waals surface area contributed by atoms with E-state index in [1.54, 1.807) is 0 Å². The second kappa shape index (κ2) is 4.98. The van der Waals surface area contributed by atoms with Crippen molar-refractivity contribution in [2.75, 3.05) is 13.3 Å². The quantitative estimate of drug-likeness (QED) is 0.912. The van der Waals surface area contributed by atoms with Crippen LogP contribution in [0.5, 0.6) is 11.5 Å². The smallest absolute Gasteiger partial charge is 0.231 e. The first kappa shape index (κ1) is 13.1. The maximum absolute atomic E-state index is 6.30. The van der Waals surface area contributed by atoms with Crippen LogP contribution in [0, 0.1) is 0 Å². The van der Waals surface area contributed by atoms with Crippen molar-refractivity contribution in [3.8, 4) is 11.5 Å². The number of guanidine groups is 1. The Bertz CT molecular complexity index is 599. The van der Waals surface area contributed by atoms with Gasteiger partial charge in [0.25, 0.3) is 0 Å². The second-order valence-corrected chi connectivity index (χ2v) is 6.20. The molecule has 21 heavy (non-hydrogen) atoms. The lowest BCUT2D eigenvalue weighted by Crippen LogP contribution is -2.42. The molecule has 0 saturated heterocycles. The van der Waals surface area contributed by atoms with Gasteiger partial charge >= 0.3 is 0 Å². The van der Waals surface area contributed by atoms with E-state index >= 15 is 0 Å². The SMILES string of the molecule is NC1=NCC(c2cc(Cl)c3c(c2)OCO3)N1C1CCCC1. The molecule has 1 saturated carbocycles. The third kappa shape index (κ3) is 2.11. The first-order chi connectivity index (χ1) is 10.2. The van der Waals surface area contributed by atoms with E-state index in [2.05, 4.69) is 9.89 Å². The van der Waals surface area contributed by atoms with Gasteiger partial charge in [-0.2, -0.15) is 0 Å². The van der Waals surface area contributed by atoms with Gasteiger partial charge in [0, 0.05) is 6.04 Å². The zero-order valence-electron chi connectivity index (χ0n) is 11.7. The molecule has 5 nitrogen and oxygen atoms in total. The maximum atomic E-state index is 6.30. The van der Waals surface area contributed by atoms with Crippen LogP contribution in [0.2, 0.25) is 5.02 Å². The fourth-order valence-corrected chi connectivity index (χ4v) is 3.85. The predicted octanol–water partition coefficient (Wildman–Crippen LogP) is 2.68. The highest BCUT2D eigenvalue weighted by atomic mass is 35.5. The highest BCUT2D eigenvalue weighted by Gasteiger charge is 2.35. The van der Waals surface area contributed by atoms with E-state index in [1.165, 1.54) is 25.7 Å². The highest BCUT2D eigenvalue weighted by Crippen LogP contribution is 2.43. The Morgan fingerprint density at radius 3 is 2.86 bits per heavy atom. The monoisotopic (exact) mass is 307 g/mol. The van der Waals surface area contributed by atoms with Crippen molar-refractivity contribution in [3.63, 3.8) is 0 Å². The standard InChI is InChI=1S/C15H18ClN3O2/c16-11-5-9(6-13-14(11)21-8-20-13)12-7-18-15(17)19(12)10-3-1-2-4-10/h5-6,10,12H,1-4,7-8H2,(H2,17,18). The summed E-state index contributed by atoms with van der Waals surface area (Å²) in [6.45, 7) is 0.909. The number of benzene rings is 1. The summed E-state index contributed by atoms with van der Waals surface area (Å²) < 4.78 is 10.8. The molecule has 0 aromatic heterocycles. The van der Waals surface area contributed by atoms with Crippen LogP contribution < -0.4 is 15.2 Å². The van der Waals surface area contributed by atoms with E-state index in [0.29, 0.717) is 35.1 Å². The molecule has 1 unspecified atom stereocenters. The summed E-state index contributed by atoms with van der Waals surface area (Å²) in [6, 6.07) is 4.61. The van der Waals surface area contributed by atoms with Gasteiger partial charge in [0.05, 0.1) is 17.6 Å². The average Bonchev–Trinajstić information content (AvgIpc) is 3.16. The molecule has 2 N–H and O–H groups in total. The van der Waals surface area contributed by atoms with Gasteiger partial charge in [0.15, 0.2) is 17.5 Å². The highest BCUT2D eigenvalue weighted by molar-refractivity contribution is 6.32. The first-order valence-corrected chi connectivity index (χ1v) is 7.79. The lowest BCUT2D eigenvalue weighted by molar-refractivity contribution is 0.174. The van der Waals surface area contributed by atoms with Gasteiger partial charge in [-0.15, -0.1) is 0 Å². The second-order valence-electron chi connectivity index (χ2n) is 5.80. The average molecular weight is 308 g/mol. The van der Waals surface area contributed by atoms with Gasteiger partial charge in [0.2, 0.25) is 6.79 Å². The third-order valence-corrected chi connectivity index (χ3v) is 4.86. The van der Waals surface area contributed by atoms with Crippen molar-refractivity contribution in [3.05, 3.63) is 22.7 Å². The Labute approximate surface area is 128 Å². The van der Waals surface area contributed by atoms with E-state index in [9.17, 15) is 0 Å². The van der Waals surface area contributed by atoms with Gasteiger partial charge in [-0.3, -0.25) is 4.99 Å². The van der Waals surface area contributed by atoms with Crippen LogP contribution >= 0.6 is 11.6 Å². The summed E-state index contributed by atoms with van der Waals surface area (Å²) in [4.78, 5) is 6.71. The summed E-state index contributed by atoms with van der Waals surface area (Å²) in [6.07, 6.45) is 4.90. The van der Waals surface area contributed by atoms with Crippen LogP contribution in [0.1, 0.15) is 37.3 Å². The van der Waals surface area contributed by atoms with Gasteiger partial charge in [0.1, 0.15) is 0 Å². The molecule has 1 aromatic carbocycles. The normalized spacial score (nSPS) is 24.7. The molecule has 112 valence electrons. The summed E-state index contributed by atoms with van der Waals surface area (Å²) in [5.74, 6) is 2.01. The van der Waals surface area contributed by atoms with Crippen LogP contribution in [0.3, 0.4) is 0 Å². The maximum Gasteiger partial charge on any atom is 0.231 e. The number of hydrogen-bond donors (Lipinski definition) is 1. The van der Waals surface area contributed by atoms with Crippen LogP contribution in [0.15, 0.2) is 17.1 Å². The molecule has 2 aliphatic heterocycles. The van der Waals surface area contributed by atoms with Crippen molar-refractivity contribution < 1.29 is 9.47 Å². The Morgan fingerprint density at radius 1 is 1.24 bits per heavy atom. The van der Waals surface area contributed by atoms with E-state index < -0.39 is 0 Å². The molecule has 0 amide bonds. The van der Waals surface area contributed by atoms with Crippen molar-refractivity contribution in [2.24, 2.45) is 10.7 Å². The van der Waals surface area contributed by atoms with Gasteiger partial charge < -0.3 is 20.1 Å². The molecule has 1 fully saturated rings. The number of ether oxygens (including phenoxy) is 2. The van der Waals surface area contributed by atoms with Crippen LogP contribution in [-0.4, -0.2) is 30.2 Å². The number of hydrogen-bond acceptors (Lipinski definition) is 5. The summed E-state index contributed by atoms with van der Waals surface area (Å²) in [5, 5.41) is 0.594. The van der Waals surface area contributed by atoms with Crippen molar-refractivity contribution in [1.82, 2.24) is 4.90 Å². The Balaban J connectivity index is 1.68. The number of nitrogens with zero attached hydrogens (tertiary/aromatic N) is 2. The molecule has 0 radical (unpaired) electrons. The summed E-state index contributed by atoms with van der Waals surface area (Å²) in [7, 11) is 0. The van der Waals surface area contributed by atoms with Crippen LogP contribution in [0.25, 0.3) is 0 Å². The molecule has 1 atom stereocenters. The molecule has 3 aliphatic rings. The first-order valence-electron chi connectivity index (χ1n) is 7.41. The fraction of sp³-hybridized carbons (Fsp3) is 0.533. The zero-order valence-corrected chi connectivity index (χ0v) is 12.5. The lowest BCUT2D eigenvalue weighted by atomic mass is 10.0. The van der Waals surface area contributed by atoms with Crippen LogP contribution in [-0.2, 0) is 0 Å². The van der Waals surface area contributed by atoms with Gasteiger partial charge in [-0.25, -0.2) is 0 Å². The van der Waals surface area contributed by atoms with E-state index in [0.717, 1.165) is 5.56 Å². The minimum atomic E-state index is 0.153. The molecule has 0 spiro atoms. The molecule has 4 rings (SSSR count). The van der Waals surface area contributed by atoms with Gasteiger partial charge in [-0.05, 0) is 30.5 Å². The minimum Gasteiger partial charge on any atom is -0.454 e. The zero-order chi connectivity index (χ0) is 14.4. The number of rotatable bonds is 2.